The van der Waals surface area contributed by atoms with Crippen LogP contribution in [-0.4, -0.2) is 18.1 Å². The van der Waals surface area contributed by atoms with Gasteiger partial charge < -0.3 is 4.90 Å². The standard InChI is InChI=1S/C15H17N3/c1-3-18(10-6-9-16)15-12(2)11-13-7-4-5-8-14(13)17-15/h4-5,7-8,11H,3,6,10H2,1-2H3. The van der Waals surface area contributed by atoms with Crippen molar-refractivity contribution in [3.63, 3.8) is 0 Å². The Morgan fingerprint density at radius 1 is 1.33 bits per heavy atom. The summed E-state index contributed by atoms with van der Waals surface area (Å²) in [5.74, 6) is 0.992. The van der Waals surface area contributed by atoms with Crippen LogP contribution in [0, 0.1) is 18.3 Å². The fourth-order valence-corrected chi connectivity index (χ4v) is 2.13. The van der Waals surface area contributed by atoms with E-state index in [4.69, 9.17) is 10.2 Å². The van der Waals surface area contributed by atoms with Gasteiger partial charge in [0.15, 0.2) is 0 Å². The molecule has 0 atom stereocenters. The zero-order valence-corrected chi connectivity index (χ0v) is 10.8. The molecule has 1 heterocycles. The van der Waals surface area contributed by atoms with Gasteiger partial charge in [-0.25, -0.2) is 4.98 Å². The Kier molecular flexibility index (Phi) is 3.78. The van der Waals surface area contributed by atoms with Crippen molar-refractivity contribution in [3.05, 3.63) is 35.9 Å². The number of rotatable bonds is 4. The fraction of sp³-hybridized carbons (Fsp3) is 0.333. The highest BCUT2D eigenvalue weighted by molar-refractivity contribution is 5.81. The first-order chi connectivity index (χ1) is 8.76. The lowest BCUT2D eigenvalue weighted by atomic mass is 10.1. The highest BCUT2D eigenvalue weighted by Gasteiger charge is 2.10. The molecule has 0 aliphatic rings. The molecule has 0 bridgehead atoms. The summed E-state index contributed by atoms with van der Waals surface area (Å²) >= 11 is 0. The number of fused-ring (bicyclic) bond motifs is 1. The Labute approximate surface area is 108 Å². The second kappa shape index (κ2) is 5.50. The van der Waals surface area contributed by atoms with Gasteiger partial charge in [-0.15, -0.1) is 0 Å². The van der Waals surface area contributed by atoms with Crippen LogP contribution in [0.4, 0.5) is 5.82 Å². The third-order valence-electron chi connectivity index (χ3n) is 3.06. The van der Waals surface area contributed by atoms with E-state index in [9.17, 15) is 0 Å². The summed E-state index contributed by atoms with van der Waals surface area (Å²) in [6.45, 7) is 5.77. The van der Waals surface area contributed by atoms with E-state index in [0.29, 0.717) is 6.42 Å². The zero-order chi connectivity index (χ0) is 13.0. The Hall–Kier alpha value is -2.08. The van der Waals surface area contributed by atoms with Gasteiger partial charge in [0.05, 0.1) is 18.0 Å². The average molecular weight is 239 g/mol. The first-order valence-corrected chi connectivity index (χ1v) is 6.24. The van der Waals surface area contributed by atoms with E-state index in [-0.39, 0.29) is 0 Å². The number of pyridine rings is 1. The molecule has 92 valence electrons. The number of benzene rings is 1. The Balaban J connectivity index is 2.42. The first-order valence-electron chi connectivity index (χ1n) is 6.24. The molecule has 0 amide bonds. The smallest absolute Gasteiger partial charge is 0.132 e. The molecule has 0 aliphatic carbocycles. The number of nitriles is 1. The van der Waals surface area contributed by atoms with Crippen molar-refractivity contribution in [1.82, 2.24) is 4.98 Å². The number of para-hydroxylation sites is 1. The number of aryl methyl sites for hydroxylation is 1. The molecule has 2 aromatic rings. The van der Waals surface area contributed by atoms with Crippen LogP contribution in [0.5, 0.6) is 0 Å². The second-order valence-corrected chi connectivity index (χ2v) is 4.31. The minimum atomic E-state index is 0.530. The van der Waals surface area contributed by atoms with Crippen molar-refractivity contribution in [1.29, 1.82) is 5.26 Å². The second-order valence-electron chi connectivity index (χ2n) is 4.31. The molecule has 3 heteroatoms. The molecule has 0 radical (unpaired) electrons. The third-order valence-corrected chi connectivity index (χ3v) is 3.06. The van der Waals surface area contributed by atoms with Gasteiger partial charge in [0, 0.05) is 18.5 Å². The number of aromatic nitrogens is 1. The summed E-state index contributed by atoms with van der Waals surface area (Å²) in [6, 6.07) is 12.5. The monoisotopic (exact) mass is 239 g/mol. The third kappa shape index (κ3) is 2.43. The summed E-state index contributed by atoms with van der Waals surface area (Å²) < 4.78 is 0. The van der Waals surface area contributed by atoms with E-state index in [1.54, 1.807) is 0 Å². The molecule has 18 heavy (non-hydrogen) atoms. The fourth-order valence-electron chi connectivity index (χ4n) is 2.13. The largest absolute Gasteiger partial charge is 0.356 e. The van der Waals surface area contributed by atoms with E-state index < -0.39 is 0 Å². The van der Waals surface area contributed by atoms with Crippen molar-refractivity contribution in [2.24, 2.45) is 0 Å². The number of anilines is 1. The van der Waals surface area contributed by atoms with Crippen molar-refractivity contribution >= 4 is 16.7 Å². The molecule has 0 saturated carbocycles. The normalized spacial score (nSPS) is 10.3. The van der Waals surface area contributed by atoms with Crippen LogP contribution in [-0.2, 0) is 0 Å². The molecule has 0 fully saturated rings. The number of hydrogen-bond donors (Lipinski definition) is 0. The topological polar surface area (TPSA) is 39.9 Å². The highest BCUT2D eigenvalue weighted by atomic mass is 15.2. The van der Waals surface area contributed by atoms with Crippen LogP contribution in [0.25, 0.3) is 10.9 Å². The molecule has 0 spiro atoms. The Morgan fingerprint density at radius 3 is 2.83 bits per heavy atom. The van der Waals surface area contributed by atoms with Crippen molar-refractivity contribution in [2.75, 3.05) is 18.0 Å². The molecule has 1 aromatic heterocycles. The first kappa shape index (κ1) is 12.4. The van der Waals surface area contributed by atoms with Crippen molar-refractivity contribution in [2.45, 2.75) is 20.3 Å². The predicted octanol–water partition coefficient (Wildman–Crippen LogP) is 3.28. The van der Waals surface area contributed by atoms with Gasteiger partial charge in [0.2, 0.25) is 0 Å². The van der Waals surface area contributed by atoms with Crippen molar-refractivity contribution in [3.8, 4) is 6.07 Å². The summed E-state index contributed by atoms with van der Waals surface area (Å²) in [6.07, 6.45) is 0.530. The van der Waals surface area contributed by atoms with E-state index in [1.165, 1.54) is 0 Å². The van der Waals surface area contributed by atoms with Gasteiger partial charge in [-0.05, 0) is 31.5 Å². The lowest BCUT2D eigenvalue weighted by Crippen LogP contribution is -2.25. The summed E-state index contributed by atoms with van der Waals surface area (Å²) in [7, 11) is 0. The van der Waals surface area contributed by atoms with Gasteiger partial charge in [-0.1, -0.05) is 18.2 Å². The predicted molar refractivity (Wildman–Crippen MR) is 74.6 cm³/mol. The van der Waals surface area contributed by atoms with E-state index in [1.807, 2.05) is 18.2 Å². The maximum Gasteiger partial charge on any atom is 0.132 e. The minimum absolute atomic E-state index is 0.530. The molecule has 0 N–H and O–H groups in total. The molecule has 3 nitrogen and oxygen atoms in total. The summed E-state index contributed by atoms with van der Waals surface area (Å²) in [5.41, 5.74) is 2.17. The summed E-state index contributed by atoms with van der Waals surface area (Å²) in [4.78, 5) is 6.87. The van der Waals surface area contributed by atoms with E-state index >= 15 is 0 Å². The molecular formula is C15H17N3. The average Bonchev–Trinajstić information content (AvgIpc) is 2.40. The maximum atomic E-state index is 8.70. The van der Waals surface area contributed by atoms with Crippen LogP contribution in [0.3, 0.4) is 0 Å². The highest BCUT2D eigenvalue weighted by Crippen LogP contribution is 2.22. The Bertz CT molecular complexity index is 584. The van der Waals surface area contributed by atoms with Crippen molar-refractivity contribution < 1.29 is 0 Å². The zero-order valence-electron chi connectivity index (χ0n) is 10.8. The van der Waals surface area contributed by atoms with Crippen LogP contribution in [0.1, 0.15) is 18.9 Å². The summed E-state index contributed by atoms with van der Waals surface area (Å²) in [5, 5.41) is 9.86. The molecule has 0 unspecified atom stereocenters. The van der Waals surface area contributed by atoms with Crippen LogP contribution in [0.15, 0.2) is 30.3 Å². The molecule has 0 saturated heterocycles. The molecule has 0 aliphatic heterocycles. The van der Waals surface area contributed by atoms with Gasteiger partial charge >= 0.3 is 0 Å². The van der Waals surface area contributed by atoms with E-state index in [2.05, 4.69) is 36.9 Å². The van der Waals surface area contributed by atoms with Crippen LogP contribution in [0.2, 0.25) is 0 Å². The Morgan fingerprint density at radius 2 is 2.11 bits per heavy atom. The van der Waals surface area contributed by atoms with Gasteiger partial charge in [-0.2, -0.15) is 5.26 Å². The lowest BCUT2D eigenvalue weighted by molar-refractivity contribution is 0.809. The van der Waals surface area contributed by atoms with Gasteiger partial charge in [0.25, 0.3) is 0 Å². The van der Waals surface area contributed by atoms with Crippen LogP contribution < -0.4 is 4.90 Å². The lowest BCUT2D eigenvalue weighted by Gasteiger charge is -2.23. The minimum Gasteiger partial charge on any atom is -0.356 e. The maximum absolute atomic E-state index is 8.70. The van der Waals surface area contributed by atoms with Crippen LogP contribution >= 0.6 is 0 Å². The van der Waals surface area contributed by atoms with Gasteiger partial charge in [-0.3, -0.25) is 0 Å². The number of hydrogen-bond acceptors (Lipinski definition) is 3. The quantitative estimate of drug-likeness (QED) is 0.822. The SMILES string of the molecule is CCN(CCC#N)c1nc2ccccc2cc1C. The number of nitrogens with zero attached hydrogens (tertiary/aromatic N) is 3. The molecule has 2 rings (SSSR count). The molecule has 1 aromatic carbocycles. The van der Waals surface area contributed by atoms with E-state index in [0.717, 1.165) is 35.4 Å². The molecular weight excluding hydrogens is 222 g/mol. The van der Waals surface area contributed by atoms with Gasteiger partial charge in [0.1, 0.15) is 5.82 Å².